The molecule has 1 fully saturated rings. The van der Waals surface area contributed by atoms with Gasteiger partial charge >= 0.3 is 0 Å². The molecule has 1 heterocycles. The molecule has 0 unspecified atom stereocenters. The van der Waals surface area contributed by atoms with Gasteiger partial charge in [-0.15, -0.1) is 0 Å². The first kappa shape index (κ1) is 19.8. The molecule has 27 heavy (non-hydrogen) atoms. The van der Waals surface area contributed by atoms with Gasteiger partial charge in [-0.1, -0.05) is 23.7 Å². The first-order valence-electron chi connectivity index (χ1n) is 7.85. The molecule has 0 atom stereocenters. The fourth-order valence-corrected chi connectivity index (χ4v) is 3.92. The molecule has 0 spiro atoms. The van der Waals surface area contributed by atoms with Gasteiger partial charge in [0.05, 0.1) is 16.5 Å². The summed E-state index contributed by atoms with van der Waals surface area (Å²) in [5.41, 5.74) is 1.69. The van der Waals surface area contributed by atoms with Crippen molar-refractivity contribution in [2.24, 2.45) is 0 Å². The molecule has 1 saturated heterocycles. The van der Waals surface area contributed by atoms with E-state index in [1.165, 1.54) is 7.05 Å². The molecule has 2 amide bonds. The number of thioether (sulfide) groups is 1. The van der Waals surface area contributed by atoms with Gasteiger partial charge in [-0.25, -0.2) is 0 Å². The Bertz CT molecular complexity index is 930. The first-order chi connectivity index (χ1) is 12.9. The average molecular weight is 469 g/mol. The lowest BCUT2D eigenvalue weighted by atomic mass is 10.1. The van der Waals surface area contributed by atoms with Gasteiger partial charge in [0.1, 0.15) is 6.61 Å². The predicted molar refractivity (Wildman–Crippen MR) is 110 cm³/mol. The number of amides is 2. The minimum absolute atomic E-state index is 0.291. The summed E-state index contributed by atoms with van der Waals surface area (Å²) in [4.78, 5) is 25.1. The molecule has 0 aliphatic carbocycles. The number of carbonyl (C=O) groups excluding carboxylic acids is 2. The van der Waals surface area contributed by atoms with Gasteiger partial charge in [-0.2, -0.15) is 0 Å². The van der Waals surface area contributed by atoms with Gasteiger partial charge in [-0.3, -0.25) is 14.5 Å². The molecule has 5 nitrogen and oxygen atoms in total. The zero-order valence-electron chi connectivity index (χ0n) is 14.5. The molecule has 0 radical (unpaired) electrons. The second kappa shape index (κ2) is 8.37. The molecular formula is C19H15BrClNO4S. The number of methoxy groups -OCH3 is 1. The van der Waals surface area contributed by atoms with Crippen LogP contribution < -0.4 is 9.47 Å². The van der Waals surface area contributed by atoms with Crippen molar-refractivity contribution >= 4 is 56.5 Å². The number of hydrogen-bond donors (Lipinski definition) is 0. The molecule has 3 rings (SSSR count). The summed E-state index contributed by atoms with van der Waals surface area (Å²) >= 11 is 10.3. The third-order valence-corrected chi connectivity index (χ3v) is 5.63. The summed E-state index contributed by atoms with van der Waals surface area (Å²) in [6.07, 6.45) is 1.66. The summed E-state index contributed by atoms with van der Waals surface area (Å²) in [7, 11) is 3.00. The second-order valence-electron chi connectivity index (χ2n) is 5.69. The van der Waals surface area contributed by atoms with Crippen LogP contribution in [-0.4, -0.2) is 30.2 Å². The number of halogens is 2. The Morgan fingerprint density at radius 1 is 1.22 bits per heavy atom. The van der Waals surface area contributed by atoms with Crippen LogP contribution in [0.25, 0.3) is 6.08 Å². The van der Waals surface area contributed by atoms with E-state index in [1.807, 2.05) is 18.2 Å². The van der Waals surface area contributed by atoms with Crippen molar-refractivity contribution in [1.82, 2.24) is 4.90 Å². The summed E-state index contributed by atoms with van der Waals surface area (Å²) in [6.45, 7) is 0.347. The molecule has 2 aromatic carbocycles. The van der Waals surface area contributed by atoms with Crippen molar-refractivity contribution in [1.29, 1.82) is 0 Å². The Morgan fingerprint density at radius 2 is 1.93 bits per heavy atom. The lowest BCUT2D eigenvalue weighted by molar-refractivity contribution is -0.121. The number of hydrogen-bond acceptors (Lipinski definition) is 5. The smallest absolute Gasteiger partial charge is 0.293 e. The van der Waals surface area contributed by atoms with Gasteiger partial charge < -0.3 is 9.47 Å². The minimum atomic E-state index is -0.317. The maximum absolute atomic E-state index is 12.0. The molecule has 0 bridgehead atoms. The van der Waals surface area contributed by atoms with Crippen molar-refractivity contribution in [3.05, 3.63) is 61.9 Å². The maximum atomic E-state index is 12.0. The van der Waals surface area contributed by atoms with Crippen molar-refractivity contribution in [3.63, 3.8) is 0 Å². The molecule has 8 heteroatoms. The summed E-state index contributed by atoms with van der Waals surface area (Å²) in [6, 6.07) is 10.9. The number of rotatable bonds is 5. The van der Waals surface area contributed by atoms with E-state index >= 15 is 0 Å². The second-order valence-corrected chi connectivity index (χ2v) is 7.97. The molecule has 0 saturated carbocycles. The number of imide groups is 1. The normalized spacial score (nSPS) is 15.6. The Morgan fingerprint density at radius 3 is 2.52 bits per heavy atom. The van der Waals surface area contributed by atoms with Crippen LogP contribution in [-0.2, 0) is 11.4 Å². The lowest BCUT2D eigenvalue weighted by Gasteiger charge is -2.14. The number of carbonyl (C=O) groups is 2. The Balaban J connectivity index is 1.84. The zero-order valence-corrected chi connectivity index (χ0v) is 17.7. The topological polar surface area (TPSA) is 55.8 Å². The molecule has 140 valence electrons. The molecular weight excluding hydrogens is 454 g/mol. The first-order valence-corrected chi connectivity index (χ1v) is 9.84. The highest BCUT2D eigenvalue weighted by Gasteiger charge is 2.31. The highest BCUT2D eigenvalue weighted by Crippen LogP contribution is 2.39. The van der Waals surface area contributed by atoms with Crippen LogP contribution in [0.15, 0.2) is 45.8 Å². The molecule has 1 aliphatic heterocycles. The zero-order chi connectivity index (χ0) is 19.6. The fraction of sp³-hybridized carbons (Fsp3) is 0.158. The van der Waals surface area contributed by atoms with E-state index < -0.39 is 0 Å². The fourth-order valence-electron chi connectivity index (χ4n) is 2.40. The SMILES string of the molecule is COc1cc(/C=C2\SC(=O)N(C)C2=O)cc(Br)c1OCc1ccc(Cl)cc1. The summed E-state index contributed by atoms with van der Waals surface area (Å²) in [5.74, 6) is 0.747. The van der Waals surface area contributed by atoms with Crippen LogP contribution in [0.1, 0.15) is 11.1 Å². The summed E-state index contributed by atoms with van der Waals surface area (Å²) in [5, 5.41) is 0.374. The Kier molecular flexibility index (Phi) is 6.14. The van der Waals surface area contributed by atoms with Crippen molar-refractivity contribution in [3.8, 4) is 11.5 Å². The number of benzene rings is 2. The van der Waals surface area contributed by atoms with Crippen molar-refractivity contribution in [2.45, 2.75) is 6.61 Å². The minimum Gasteiger partial charge on any atom is -0.493 e. The lowest BCUT2D eigenvalue weighted by Crippen LogP contribution is -2.22. The third-order valence-electron chi connectivity index (χ3n) is 3.83. The maximum Gasteiger partial charge on any atom is 0.293 e. The van der Waals surface area contributed by atoms with Crippen molar-refractivity contribution in [2.75, 3.05) is 14.2 Å². The van der Waals surface area contributed by atoms with Crippen LogP contribution in [0, 0.1) is 0 Å². The van der Waals surface area contributed by atoms with Crippen LogP contribution in [0.2, 0.25) is 5.02 Å². The molecule has 1 aliphatic rings. The number of ether oxygens (including phenoxy) is 2. The van der Waals surface area contributed by atoms with E-state index in [0.29, 0.717) is 32.5 Å². The van der Waals surface area contributed by atoms with E-state index in [-0.39, 0.29) is 11.1 Å². The van der Waals surface area contributed by atoms with Gasteiger partial charge in [0, 0.05) is 12.1 Å². The van der Waals surface area contributed by atoms with E-state index in [0.717, 1.165) is 27.8 Å². The van der Waals surface area contributed by atoms with E-state index in [1.54, 1.807) is 31.4 Å². The van der Waals surface area contributed by atoms with Crippen LogP contribution in [0.5, 0.6) is 11.5 Å². The number of nitrogens with zero attached hydrogens (tertiary/aromatic N) is 1. The predicted octanol–water partition coefficient (Wildman–Crippen LogP) is 5.36. The van der Waals surface area contributed by atoms with Crippen molar-refractivity contribution < 1.29 is 19.1 Å². The van der Waals surface area contributed by atoms with E-state index in [2.05, 4.69) is 15.9 Å². The standard InChI is InChI=1S/C19H15BrClNO4S/c1-22-18(23)16(27-19(22)24)9-12-7-14(20)17(15(8-12)25-2)26-10-11-3-5-13(21)6-4-11/h3-9H,10H2,1-2H3/b16-9-. The van der Waals surface area contributed by atoms with Crippen LogP contribution in [0.4, 0.5) is 4.79 Å². The quantitative estimate of drug-likeness (QED) is 0.553. The monoisotopic (exact) mass is 467 g/mol. The molecule has 2 aromatic rings. The summed E-state index contributed by atoms with van der Waals surface area (Å²) < 4.78 is 12.0. The van der Waals surface area contributed by atoms with E-state index in [4.69, 9.17) is 21.1 Å². The largest absolute Gasteiger partial charge is 0.493 e. The Labute approximate surface area is 174 Å². The molecule has 0 N–H and O–H groups in total. The van der Waals surface area contributed by atoms with Gasteiger partial charge in [0.15, 0.2) is 11.5 Å². The third kappa shape index (κ3) is 4.48. The van der Waals surface area contributed by atoms with Crippen LogP contribution in [0.3, 0.4) is 0 Å². The molecule has 0 aromatic heterocycles. The van der Waals surface area contributed by atoms with Gasteiger partial charge in [0.2, 0.25) is 0 Å². The van der Waals surface area contributed by atoms with Gasteiger partial charge in [-0.05, 0) is 69.2 Å². The van der Waals surface area contributed by atoms with Gasteiger partial charge in [0.25, 0.3) is 11.1 Å². The van der Waals surface area contributed by atoms with Crippen LogP contribution >= 0.6 is 39.3 Å². The van der Waals surface area contributed by atoms with E-state index in [9.17, 15) is 9.59 Å². The Hall–Kier alpha value is -1.96. The number of likely N-dealkylation sites (N-methyl/N-ethyl adjacent to an activating group) is 1. The highest BCUT2D eigenvalue weighted by molar-refractivity contribution is 9.10. The highest BCUT2D eigenvalue weighted by atomic mass is 79.9. The average Bonchev–Trinajstić information content (AvgIpc) is 2.88.